The first-order chi connectivity index (χ1) is 7.50. The van der Waals surface area contributed by atoms with Crippen molar-refractivity contribution in [3.8, 4) is 0 Å². The van der Waals surface area contributed by atoms with Crippen LogP contribution in [-0.4, -0.2) is 14.2 Å². The van der Waals surface area contributed by atoms with Gasteiger partial charge in [-0.15, -0.1) is 0 Å². The van der Waals surface area contributed by atoms with Crippen LogP contribution >= 0.6 is 23.8 Å². The minimum absolute atomic E-state index is 0.193. The van der Waals surface area contributed by atoms with Gasteiger partial charge in [0.15, 0.2) is 0 Å². The fourth-order valence-electron chi connectivity index (χ4n) is 1.15. The van der Waals surface area contributed by atoms with Crippen LogP contribution in [0.3, 0.4) is 0 Å². The summed E-state index contributed by atoms with van der Waals surface area (Å²) in [7, 11) is -0.809. The number of hydrogen-bond donors (Lipinski definition) is 0. The van der Waals surface area contributed by atoms with Gasteiger partial charge in [-0.3, -0.25) is 13.6 Å². The molecule has 16 heavy (non-hydrogen) atoms. The van der Waals surface area contributed by atoms with E-state index < -0.39 is 7.82 Å². The predicted octanol–water partition coefficient (Wildman–Crippen LogP) is 3.68. The van der Waals surface area contributed by atoms with Crippen molar-refractivity contribution in [2.75, 3.05) is 14.2 Å². The molecule has 6 heteroatoms. The molecular formula is C10H14BrO4P. The summed E-state index contributed by atoms with van der Waals surface area (Å²) >= 11 is 3.37. The highest BCUT2D eigenvalue weighted by molar-refractivity contribution is 9.10. The number of benzene rings is 1. The van der Waals surface area contributed by atoms with Crippen LogP contribution in [0.25, 0.3) is 0 Å². The van der Waals surface area contributed by atoms with E-state index in [4.69, 9.17) is 4.52 Å². The van der Waals surface area contributed by atoms with Crippen molar-refractivity contribution >= 4 is 23.8 Å². The second-order valence-corrected chi connectivity index (χ2v) is 5.96. The fourth-order valence-corrected chi connectivity index (χ4v) is 2.28. The van der Waals surface area contributed by atoms with Gasteiger partial charge < -0.3 is 0 Å². The lowest BCUT2D eigenvalue weighted by molar-refractivity contribution is 0.145. The van der Waals surface area contributed by atoms with E-state index in [1.807, 2.05) is 25.1 Å². The van der Waals surface area contributed by atoms with Gasteiger partial charge in [-0.1, -0.05) is 22.0 Å². The molecule has 0 aromatic heterocycles. The third-order valence-electron chi connectivity index (χ3n) is 2.13. The molecule has 0 amide bonds. The molecule has 90 valence electrons. The quantitative estimate of drug-likeness (QED) is 0.778. The smallest absolute Gasteiger partial charge is 0.290 e. The Morgan fingerprint density at radius 3 is 2.44 bits per heavy atom. The molecule has 0 bridgehead atoms. The molecule has 1 aromatic carbocycles. The third-order valence-corrected chi connectivity index (χ3v) is 3.96. The van der Waals surface area contributed by atoms with E-state index in [1.54, 1.807) is 0 Å². The summed E-state index contributed by atoms with van der Waals surface area (Å²) in [5.41, 5.74) is 1.99. The second-order valence-electron chi connectivity index (χ2n) is 3.16. The van der Waals surface area contributed by atoms with Crippen molar-refractivity contribution in [1.29, 1.82) is 0 Å². The zero-order valence-electron chi connectivity index (χ0n) is 9.40. The van der Waals surface area contributed by atoms with Crippen molar-refractivity contribution in [2.24, 2.45) is 0 Å². The van der Waals surface area contributed by atoms with Gasteiger partial charge in [-0.05, 0) is 30.2 Å². The highest BCUT2D eigenvalue weighted by atomic mass is 79.9. The number of hydrogen-bond acceptors (Lipinski definition) is 4. The number of phosphoric ester groups is 1. The summed E-state index contributed by atoms with van der Waals surface area (Å²) in [6.45, 7) is 2.14. The average Bonchev–Trinajstić information content (AvgIpc) is 2.27. The van der Waals surface area contributed by atoms with Gasteiger partial charge in [-0.25, -0.2) is 4.57 Å². The van der Waals surface area contributed by atoms with Gasteiger partial charge in [-0.2, -0.15) is 0 Å². The van der Waals surface area contributed by atoms with E-state index in [2.05, 4.69) is 25.0 Å². The van der Waals surface area contributed by atoms with Gasteiger partial charge in [0.05, 0.1) is 6.61 Å². The first-order valence-electron chi connectivity index (χ1n) is 4.62. The van der Waals surface area contributed by atoms with Gasteiger partial charge >= 0.3 is 7.82 Å². The molecule has 0 saturated heterocycles. The summed E-state index contributed by atoms with van der Waals surface area (Å²) in [6.07, 6.45) is 0. The van der Waals surface area contributed by atoms with Crippen molar-refractivity contribution in [2.45, 2.75) is 13.5 Å². The molecular weight excluding hydrogens is 295 g/mol. The minimum atomic E-state index is -3.39. The predicted molar refractivity (Wildman–Crippen MR) is 65.3 cm³/mol. The van der Waals surface area contributed by atoms with Crippen LogP contribution in [0.15, 0.2) is 22.7 Å². The Balaban J connectivity index is 2.71. The molecule has 0 aliphatic heterocycles. The fraction of sp³-hybridized carbons (Fsp3) is 0.400. The van der Waals surface area contributed by atoms with E-state index in [0.29, 0.717) is 0 Å². The monoisotopic (exact) mass is 308 g/mol. The van der Waals surface area contributed by atoms with E-state index >= 15 is 0 Å². The van der Waals surface area contributed by atoms with Gasteiger partial charge in [0, 0.05) is 18.7 Å². The van der Waals surface area contributed by atoms with Gasteiger partial charge in [0.1, 0.15) is 0 Å². The Bertz CT molecular complexity index is 400. The molecule has 0 unspecified atom stereocenters. The molecule has 4 nitrogen and oxygen atoms in total. The molecule has 0 fully saturated rings. The maximum atomic E-state index is 11.6. The molecule has 0 radical (unpaired) electrons. The highest BCUT2D eigenvalue weighted by Crippen LogP contribution is 2.48. The second kappa shape index (κ2) is 5.94. The normalized spacial score (nSPS) is 11.8. The SMILES string of the molecule is COP(=O)(OC)OCc1ccc(Br)cc1C. The van der Waals surface area contributed by atoms with E-state index in [0.717, 1.165) is 15.6 Å². The van der Waals surface area contributed by atoms with E-state index in [-0.39, 0.29) is 6.61 Å². The van der Waals surface area contributed by atoms with Gasteiger partial charge in [0.2, 0.25) is 0 Å². The maximum Gasteiger partial charge on any atom is 0.474 e. The Hall–Kier alpha value is -0.190. The molecule has 1 rings (SSSR count). The number of rotatable bonds is 5. The topological polar surface area (TPSA) is 44.8 Å². The Kier molecular flexibility index (Phi) is 5.15. The van der Waals surface area contributed by atoms with Crippen LogP contribution in [-0.2, 0) is 24.7 Å². The van der Waals surface area contributed by atoms with Crippen LogP contribution in [0, 0.1) is 6.92 Å². The van der Waals surface area contributed by atoms with Crippen LogP contribution < -0.4 is 0 Å². The van der Waals surface area contributed by atoms with Crippen molar-refractivity contribution in [1.82, 2.24) is 0 Å². The van der Waals surface area contributed by atoms with Crippen LogP contribution in [0.2, 0.25) is 0 Å². The Morgan fingerprint density at radius 2 is 1.94 bits per heavy atom. The summed E-state index contributed by atoms with van der Waals surface area (Å²) < 4.78 is 27.1. The molecule has 0 N–H and O–H groups in total. The number of phosphoric acid groups is 1. The molecule has 0 atom stereocenters. The first kappa shape index (κ1) is 13.9. The summed E-state index contributed by atoms with van der Waals surface area (Å²) in [5, 5.41) is 0. The lowest BCUT2D eigenvalue weighted by Gasteiger charge is -2.14. The van der Waals surface area contributed by atoms with Crippen molar-refractivity contribution in [3.63, 3.8) is 0 Å². The molecule has 0 aliphatic carbocycles. The van der Waals surface area contributed by atoms with Crippen molar-refractivity contribution in [3.05, 3.63) is 33.8 Å². The summed E-state index contributed by atoms with van der Waals surface area (Å²) in [4.78, 5) is 0. The number of halogens is 1. The van der Waals surface area contributed by atoms with Crippen LogP contribution in [0.1, 0.15) is 11.1 Å². The van der Waals surface area contributed by atoms with Crippen LogP contribution in [0.5, 0.6) is 0 Å². The number of aryl methyl sites for hydroxylation is 1. The summed E-state index contributed by atoms with van der Waals surface area (Å²) in [5.74, 6) is 0. The largest absolute Gasteiger partial charge is 0.474 e. The Labute approximate surface area is 104 Å². The summed E-state index contributed by atoms with van der Waals surface area (Å²) in [6, 6.07) is 5.76. The Morgan fingerprint density at radius 1 is 1.31 bits per heavy atom. The molecule has 0 saturated carbocycles. The zero-order chi connectivity index (χ0) is 12.2. The molecule has 0 spiro atoms. The third kappa shape index (κ3) is 3.68. The van der Waals surface area contributed by atoms with E-state index in [1.165, 1.54) is 14.2 Å². The minimum Gasteiger partial charge on any atom is -0.290 e. The van der Waals surface area contributed by atoms with Crippen LogP contribution in [0.4, 0.5) is 0 Å². The molecule has 0 aliphatic rings. The van der Waals surface area contributed by atoms with Gasteiger partial charge in [0.25, 0.3) is 0 Å². The lowest BCUT2D eigenvalue weighted by atomic mass is 10.1. The maximum absolute atomic E-state index is 11.6. The highest BCUT2D eigenvalue weighted by Gasteiger charge is 2.22. The molecule has 0 heterocycles. The standard InChI is InChI=1S/C10H14BrO4P/c1-8-6-10(11)5-4-9(8)7-15-16(12,13-2)14-3/h4-6H,7H2,1-3H3. The average molecular weight is 309 g/mol. The lowest BCUT2D eigenvalue weighted by Crippen LogP contribution is -1.97. The zero-order valence-corrected chi connectivity index (χ0v) is 11.9. The van der Waals surface area contributed by atoms with Crippen molar-refractivity contribution < 1.29 is 18.1 Å². The molecule has 1 aromatic rings. The first-order valence-corrected chi connectivity index (χ1v) is 6.87. The van der Waals surface area contributed by atoms with E-state index in [9.17, 15) is 4.57 Å².